The summed E-state index contributed by atoms with van der Waals surface area (Å²) in [6.45, 7) is 7.26. The first-order chi connectivity index (χ1) is 7.13. The van der Waals surface area contributed by atoms with Crippen LogP contribution in [-0.2, 0) is 0 Å². The summed E-state index contributed by atoms with van der Waals surface area (Å²) >= 11 is 0. The molecule has 1 atom stereocenters. The van der Waals surface area contributed by atoms with Crippen molar-refractivity contribution in [2.24, 2.45) is 5.92 Å². The van der Waals surface area contributed by atoms with Gasteiger partial charge in [0, 0.05) is 12.6 Å². The smallest absolute Gasteiger partial charge is 0.0113 e. The summed E-state index contributed by atoms with van der Waals surface area (Å²) in [4.78, 5) is 4.98. The molecule has 0 amide bonds. The lowest BCUT2D eigenvalue weighted by molar-refractivity contribution is 0.132. The normalized spacial score (nSPS) is 22.2. The van der Waals surface area contributed by atoms with Gasteiger partial charge in [-0.25, -0.2) is 0 Å². The average molecular weight is 213 g/mol. The van der Waals surface area contributed by atoms with E-state index in [1.165, 1.54) is 32.5 Å². The van der Waals surface area contributed by atoms with E-state index >= 15 is 0 Å². The quantitative estimate of drug-likeness (QED) is 0.731. The Labute approximate surface area is 94.8 Å². The second kappa shape index (κ2) is 6.46. The fraction of sp³-hybridized carbons (Fsp3) is 1.00. The second-order valence-electron chi connectivity index (χ2n) is 5.16. The van der Waals surface area contributed by atoms with E-state index in [2.05, 4.69) is 36.1 Å². The molecule has 0 aromatic carbocycles. The maximum Gasteiger partial charge on any atom is 0.0113 e. The monoisotopic (exact) mass is 213 g/mol. The van der Waals surface area contributed by atoms with Crippen molar-refractivity contribution < 1.29 is 0 Å². The first-order valence-electron chi connectivity index (χ1n) is 6.17. The molecule has 0 aliphatic carbocycles. The molecule has 1 aliphatic heterocycles. The van der Waals surface area contributed by atoms with E-state index in [0.717, 1.165) is 18.5 Å². The van der Waals surface area contributed by atoms with Crippen molar-refractivity contribution in [1.29, 1.82) is 0 Å². The van der Waals surface area contributed by atoms with Crippen molar-refractivity contribution in [3.8, 4) is 0 Å². The lowest BCUT2D eigenvalue weighted by Gasteiger charge is -2.36. The molecule has 0 saturated carbocycles. The molecule has 1 saturated heterocycles. The summed E-state index contributed by atoms with van der Waals surface area (Å²) in [5.74, 6) is 0.769. The maximum atomic E-state index is 3.25. The van der Waals surface area contributed by atoms with Gasteiger partial charge in [-0.05, 0) is 59.5 Å². The Hall–Kier alpha value is -0.120. The SMILES string of the molecule is CNCC(C)CN1CCC(N(C)C)CC1. The van der Waals surface area contributed by atoms with Gasteiger partial charge in [0.2, 0.25) is 0 Å². The third-order valence-electron chi connectivity index (χ3n) is 3.41. The topological polar surface area (TPSA) is 18.5 Å². The number of rotatable bonds is 5. The molecule has 3 heteroatoms. The van der Waals surface area contributed by atoms with E-state index in [0.29, 0.717) is 0 Å². The highest BCUT2D eigenvalue weighted by atomic mass is 15.2. The number of piperidine rings is 1. The Bertz CT molecular complexity index is 162. The van der Waals surface area contributed by atoms with Crippen molar-refractivity contribution in [3.05, 3.63) is 0 Å². The van der Waals surface area contributed by atoms with Gasteiger partial charge in [0.1, 0.15) is 0 Å². The summed E-state index contributed by atoms with van der Waals surface area (Å²) in [7, 11) is 6.43. The summed E-state index contributed by atoms with van der Waals surface area (Å²) in [6.07, 6.45) is 2.67. The number of likely N-dealkylation sites (tertiary alicyclic amines) is 1. The van der Waals surface area contributed by atoms with Gasteiger partial charge in [0.15, 0.2) is 0 Å². The average Bonchev–Trinajstić information content (AvgIpc) is 2.18. The van der Waals surface area contributed by atoms with E-state index in [9.17, 15) is 0 Å². The van der Waals surface area contributed by atoms with Crippen LogP contribution in [0.4, 0.5) is 0 Å². The zero-order valence-electron chi connectivity index (χ0n) is 10.8. The summed E-state index contributed by atoms with van der Waals surface area (Å²) < 4.78 is 0. The Kier molecular flexibility index (Phi) is 5.58. The molecule has 3 nitrogen and oxygen atoms in total. The molecule has 0 aromatic heterocycles. The summed E-state index contributed by atoms with van der Waals surface area (Å²) in [5, 5.41) is 3.25. The zero-order chi connectivity index (χ0) is 11.3. The molecule has 0 radical (unpaired) electrons. The van der Waals surface area contributed by atoms with Crippen molar-refractivity contribution in [2.45, 2.75) is 25.8 Å². The molecule has 1 rings (SSSR count). The van der Waals surface area contributed by atoms with E-state index in [1.807, 2.05) is 7.05 Å². The molecule has 0 spiro atoms. The molecule has 0 aromatic rings. The zero-order valence-corrected chi connectivity index (χ0v) is 10.8. The van der Waals surface area contributed by atoms with Crippen LogP contribution in [0.1, 0.15) is 19.8 Å². The van der Waals surface area contributed by atoms with Gasteiger partial charge in [-0.1, -0.05) is 6.92 Å². The van der Waals surface area contributed by atoms with Gasteiger partial charge < -0.3 is 15.1 Å². The van der Waals surface area contributed by atoms with Crippen molar-refractivity contribution >= 4 is 0 Å². The molecule has 1 heterocycles. The van der Waals surface area contributed by atoms with Crippen molar-refractivity contribution in [2.75, 3.05) is 47.3 Å². The summed E-state index contributed by atoms with van der Waals surface area (Å²) in [6, 6.07) is 0.806. The minimum absolute atomic E-state index is 0.769. The summed E-state index contributed by atoms with van der Waals surface area (Å²) in [5.41, 5.74) is 0. The molecule has 90 valence electrons. The van der Waals surface area contributed by atoms with Gasteiger partial charge in [0.25, 0.3) is 0 Å². The molecule has 15 heavy (non-hydrogen) atoms. The van der Waals surface area contributed by atoms with Crippen LogP contribution >= 0.6 is 0 Å². The van der Waals surface area contributed by atoms with Gasteiger partial charge in [-0.2, -0.15) is 0 Å². The van der Waals surface area contributed by atoms with E-state index in [1.54, 1.807) is 0 Å². The Morgan fingerprint density at radius 1 is 1.33 bits per heavy atom. The van der Waals surface area contributed by atoms with E-state index < -0.39 is 0 Å². The predicted octanol–water partition coefficient (Wildman–Crippen LogP) is 0.868. The van der Waals surface area contributed by atoms with Crippen LogP contribution in [0.2, 0.25) is 0 Å². The van der Waals surface area contributed by atoms with Crippen LogP contribution in [0, 0.1) is 5.92 Å². The molecule has 1 unspecified atom stereocenters. The number of nitrogens with zero attached hydrogens (tertiary/aromatic N) is 2. The highest BCUT2D eigenvalue weighted by molar-refractivity contribution is 4.77. The molecule has 1 aliphatic rings. The van der Waals surface area contributed by atoms with Crippen LogP contribution in [0.5, 0.6) is 0 Å². The maximum absolute atomic E-state index is 3.25. The number of nitrogens with one attached hydrogen (secondary N) is 1. The highest BCUT2D eigenvalue weighted by Crippen LogP contribution is 2.15. The van der Waals surface area contributed by atoms with Crippen LogP contribution in [0.25, 0.3) is 0 Å². The molecule has 0 bridgehead atoms. The predicted molar refractivity (Wildman–Crippen MR) is 66.2 cm³/mol. The molecule has 1 N–H and O–H groups in total. The first-order valence-corrected chi connectivity index (χ1v) is 6.17. The van der Waals surface area contributed by atoms with Crippen LogP contribution in [0.3, 0.4) is 0 Å². The van der Waals surface area contributed by atoms with Crippen LogP contribution in [-0.4, -0.2) is 63.2 Å². The third-order valence-corrected chi connectivity index (χ3v) is 3.41. The van der Waals surface area contributed by atoms with E-state index in [4.69, 9.17) is 0 Å². The Morgan fingerprint density at radius 3 is 2.40 bits per heavy atom. The van der Waals surface area contributed by atoms with Crippen molar-refractivity contribution in [1.82, 2.24) is 15.1 Å². The lowest BCUT2D eigenvalue weighted by Crippen LogP contribution is -2.44. The highest BCUT2D eigenvalue weighted by Gasteiger charge is 2.21. The second-order valence-corrected chi connectivity index (χ2v) is 5.16. The van der Waals surface area contributed by atoms with Gasteiger partial charge in [-0.3, -0.25) is 0 Å². The molecular formula is C12H27N3. The van der Waals surface area contributed by atoms with Gasteiger partial charge in [-0.15, -0.1) is 0 Å². The standard InChI is InChI=1S/C12H27N3/c1-11(9-13-2)10-15-7-5-12(6-8-15)14(3)4/h11-13H,5-10H2,1-4H3. The van der Waals surface area contributed by atoms with Crippen molar-refractivity contribution in [3.63, 3.8) is 0 Å². The van der Waals surface area contributed by atoms with Gasteiger partial charge >= 0.3 is 0 Å². The Morgan fingerprint density at radius 2 is 1.93 bits per heavy atom. The minimum atomic E-state index is 0.769. The fourth-order valence-electron chi connectivity index (χ4n) is 2.47. The van der Waals surface area contributed by atoms with E-state index in [-0.39, 0.29) is 0 Å². The van der Waals surface area contributed by atoms with Crippen LogP contribution < -0.4 is 5.32 Å². The van der Waals surface area contributed by atoms with Gasteiger partial charge in [0.05, 0.1) is 0 Å². The minimum Gasteiger partial charge on any atom is -0.319 e. The first kappa shape index (κ1) is 12.9. The molecule has 1 fully saturated rings. The molecular weight excluding hydrogens is 186 g/mol. The largest absolute Gasteiger partial charge is 0.319 e. The fourth-order valence-corrected chi connectivity index (χ4v) is 2.47. The lowest BCUT2D eigenvalue weighted by atomic mass is 10.0. The Balaban J connectivity index is 2.19. The third kappa shape index (κ3) is 4.49. The van der Waals surface area contributed by atoms with Crippen LogP contribution in [0.15, 0.2) is 0 Å². The number of hydrogen-bond donors (Lipinski definition) is 1. The number of hydrogen-bond acceptors (Lipinski definition) is 3.